The van der Waals surface area contributed by atoms with Crippen molar-refractivity contribution in [3.63, 3.8) is 0 Å². The molecule has 0 N–H and O–H groups in total. The van der Waals surface area contributed by atoms with Crippen molar-refractivity contribution in [2.75, 3.05) is 26.4 Å². The zero-order valence-corrected chi connectivity index (χ0v) is 10.0. The molecule has 1 rings (SSSR count). The first-order valence-corrected chi connectivity index (χ1v) is 5.58. The largest absolute Gasteiger partial charge is 0.724 e. The fraction of sp³-hybridized carbons (Fsp3) is 0.909. The molecule has 0 saturated carbocycles. The van der Waals surface area contributed by atoms with Gasteiger partial charge in [-0.25, -0.2) is 0 Å². The van der Waals surface area contributed by atoms with Crippen LogP contribution in [-0.4, -0.2) is 43.0 Å². The first-order valence-electron chi connectivity index (χ1n) is 5.58. The van der Waals surface area contributed by atoms with Crippen molar-refractivity contribution in [3.05, 3.63) is 5.41 Å². The SMILES string of the molecule is CC[N+]1(COC(C)C)CCCC1.[N-]=C=O. The molecule has 15 heavy (non-hydrogen) atoms. The van der Waals surface area contributed by atoms with E-state index in [0.29, 0.717) is 12.2 Å². The number of carbonyl (C=O) groups excluding carboxylic acids is 1. The Bertz CT molecular complexity index is 193. The van der Waals surface area contributed by atoms with E-state index in [4.69, 9.17) is 14.9 Å². The fourth-order valence-electron chi connectivity index (χ4n) is 1.85. The molecule has 0 radical (unpaired) electrons. The maximum absolute atomic E-state index is 8.24. The molecule has 0 atom stereocenters. The van der Waals surface area contributed by atoms with E-state index in [-0.39, 0.29) is 0 Å². The van der Waals surface area contributed by atoms with Gasteiger partial charge in [-0.05, 0) is 26.9 Å². The van der Waals surface area contributed by atoms with Gasteiger partial charge in [-0.15, -0.1) is 0 Å². The van der Waals surface area contributed by atoms with E-state index in [9.17, 15) is 0 Å². The molecular formula is C11H22N2O2. The van der Waals surface area contributed by atoms with Crippen LogP contribution in [0.5, 0.6) is 0 Å². The average molecular weight is 214 g/mol. The van der Waals surface area contributed by atoms with Crippen LogP contribution in [0.15, 0.2) is 0 Å². The number of hydrogen-bond acceptors (Lipinski definition) is 2. The van der Waals surface area contributed by atoms with Gasteiger partial charge in [-0.3, -0.25) is 4.79 Å². The zero-order valence-electron chi connectivity index (χ0n) is 10.0. The Morgan fingerprint density at radius 2 is 1.87 bits per heavy atom. The Morgan fingerprint density at radius 1 is 1.40 bits per heavy atom. The quantitative estimate of drug-likeness (QED) is 0.407. The van der Waals surface area contributed by atoms with E-state index in [1.165, 1.54) is 37.0 Å². The lowest BCUT2D eigenvalue weighted by Crippen LogP contribution is -2.47. The van der Waals surface area contributed by atoms with Crippen molar-refractivity contribution in [2.24, 2.45) is 0 Å². The highest BCUT2D eigenvalue weighted by Gasteiger charge is 2.30. The third-order valence-electron chi connectivity index (χ3n) is 2.87. The van der Waals surface area contributed by atoms with Crippen LogP contribution >= 0.6 is 0 Å². The van der Waals surface area contributed by atoms with E-state index >= 15 is 0 Å². The lowest BCUT2D eigenvalue weighted by molar-refractivity contribution is -0.934. The van der Waals surface area contributed by atoms with Crippen molar-refractivity contribution < 1.29 is 14.0 Å². The highest BCUT2D eigenvalue weighted by Crippen LogP contribution is 2.19. The lowest BCUT2D eigenvalue weighted by Gasteiger charge is -2.33. The van der Waals surface area contributed by atoms with Gasteiger partial charge in [0, 0.05) is 12.8 Å². The second-order valence-electron chi connectivity index (χ2n) is 4.25. The molecule has 1 heterocycles. The van der Waals surface area contributed by atoms with Crippen LogP contribution in [0, 0.1) is 0 Å². The van der Waals surface area contributed by atoms with Gasteiger partial charge in [0.15, 0.2) is 6.73 Å². The summed E-state index contributed by atoms with van der Waals surface area (Å²) < 4.78 is 6.88. The number of isocyanates is 1. The van der Waals surface area contributed by atoms with Crippen LogP contribution in [0.3, 0.4) is 0 Å². The summed E-state index contributed by atoms with van der Waals surface area (Å²) in [5, 5.41) is 6.76. The molecule has 1 fully saturated rings. The third kappa shape index (κ3) is 5.67. The molecule has 1 saturated heterocycles. The Hall–Kier alpha value is -0.700. The van der Waals surface area contributed by atoms with Crippen LogP contribution in [0.1, 0.15) is 33.6 Å². The number of quaternary nitrogens is 1. The molecule has 4 heteroatoms. The molecule has 0 aromatic rings. The molecular weight excluding hydrogens is 192 g/mol. The van der Waals surface area contributed by atoms with Gasteiger partial charge in [-0.2, -0.15) is 0 Å². The molecule has 1 aliphatic rings. The highest BCUT2D eigenvalue weighted by molar-refractivity contribution is 5.36. The second-order valence-corrected chi connectivity index (χ2v) is 4.25. The summed E-state index contributed by atoms with van der Waals surface area (Å²) in [4.78, 5) is 8.24. The van der Waals surface area contributed by atoms with E-state index in [2.05, 4.69) is 20.8 Å². The standard InChI is InChI=1S/C10H22NO.CNO/c1-4-11(7-5-6-8-11)9-12-10(2)3;2-1-3/h10H,4-9H2,1-3H3;/q+1;-1. The maximum Gasteiger partial charge on any atom is 0.183 e. The Labute approximate surface area is 92.3 Å². The molecule has 1 aliphatic heterocycles. The minimum absolute atomic E-state index is 0.382. The third-order valence-corrected chi connectivity index (χ3v) is 2.87. The number of nitrogens with zero attached hydrogens (tertiary/aromatic N) is 2. The predicted molar refractivity (Wildman–Crippen MR) is 59.9 cm³/mol. The number of ether oxygens (including phenoxy) is 1. The molecule has 0 spiro atoms. The topological polar surface area (TPSA) is 48.6 Å². The monoisotopic (exact) mass is 214 g/mol. The minimum Gasteiger partial charge on any atom is -0.724 e. The van der Waals surface area contributed by atoms with Gasteiger partial charge in [-0.1, -0.05) is 0 Å². The van der Waals surface area contributed by atoms with Crippen molar-refractivity contribution >= 4 is 6.08 Å². The van der Waals surface area contributed by atoms with Crippen LogP contribution in [0.25, 0.3) is 5.41 Å². The number of likely N-dealkylation sites (tertiary alicyclic amines) is 1. The Kier molecular flexibility index (Phi) is 7.22. The zero-order chi connectivity index (χ0) is 11.7. The lowest BCUT2D eigenvalue weighted by atomic mass is 10.4. The molecule has 4 nitrogen and oxygen atoms in total. The van der Waals surface area contributed by atoms with Crippen LogP contribution < -0.4 is 0 Å². The summed E-state index contributed by atoms with van der Waals surface area (Å²) in [5.41, 5.74) is 0. The van der Waals surface area contributed by atoms with Gasteiger partial charge >= 0.3 is 0 Å². The molecule has 0 aromatic heterocycles. The van der Waals surface area contributed by atoms with Crippen molar-refractivity contribution in [3.8, 4) is 0 Å². The summed E-state index contributed by atoms with van der Waals surface area (Å²) in [6, 6.07) is 0. The smallest absolute Gasteiger partial charge is 0.183 e. The van der Waals surface area contributed by atoms with Gasteiger partial charge in [0.05, 0.1) is 25.7 Å². The predicted octanol–water partition coefficient (Wildman–Crippen LogP) is 1.89. The molecule has 0 aromatic carbocycles. The molecule has 0 amide bonds. The average Bonchev–Trinajstić information content (AvgIpc) is 2.65. The van der Waals surface area contributed by atoms with Crippen LogP contribution in [0.2, 0.25) is 0 Å². The van der Waals surface area contributed by atoms with Gasteiger partial charge in [0.25, 0.3) is 0 Å². The molecule has 0 aliphatic carbocycles. The highest BCUT2D eigenvalue weighted by atomic mass is 16.5. The maximum atomic E-state index is 8.24. The van der Waals surface area contributed by atoms with Crippen LogP contribution in [-0.2, 0) is 9.53 Å². The summed E-state index contributed by atoms with van der Waals surface area (Å²) in [5.74, 6) is 0. The van der Waals surface area contributed by atoms with Gasteiger partial charge in [0.2, 0.25) is 0 Å². The minimum atomic E-state index is 0.382. The normalized spacial score (nSPS) is 18.1. The van der Waals surface area contributed by atoms with Crippen molar-refractivity contribution in [2.45, 2.75) is 39.7 Å². The van der Waals surface area contributed by atoms with E-state index < -0.39 is 0 Å². The second kappa shape index (κ2) is 7.57. The summed E-state index contributed by atoms with van der Waals surface area (Å²) in [7, 11) is 0. The first-order chi connectivity index (χ1) is 7.10. The fourth-order valence-corrected chi connectivity index (χ4v) is 1.85. The van der Waals surface area contributed by atoms with E-state index in [1.54, 1.807) is 0 Å². The number of rotatable bonds is 4. The van der Waals surface area contributed by atoms with E-state index in [0.717, 1.165) is 6.73 Å². The van der Waals surface area contributed by atoms with E-state index in [1.807, 2.05) is 0 Å². The Morgan fingerprint density at radius 3 is 2.20 bits per heavy atom. The summed E-state index contributed by atoms with van der Waals surface area (Å²) >= 11 is 0. The molecule has 88 valence electrons. The summed E-state index contributed by atoms with van der Waals surface area (Å²) in [6.07, 6.45) is 3.65. The molecule has 0 unspecified atom stereocenters. The van der Waals surface area contributed by atoms with Crippen molar-refractivity contribution in [1.82, 2.24) is 0 Å². The van der Waals surface area contributed by atoms with Gasteiger partial charge < -0.3 is 14.6 Å². The van der Waals surface area contributed by atoms with Crippen molar-refractivity contribution in [1.29, 1.82) is 0 Å². The number of hydrogen-bond donors (Lipinski definition) is 0. The summed E-state index contributed by atoms with van der Waals surface area (Å²) in [6.45, 7) is 11.3. The molecule has 0 bridgehead atoms. The van der Waals surface area contributed by atoms with Crippen LogP contribution in [0.4, 0.5) is 0 Å². The Balaban J connectivity index is 0.000000583. The first kappa shape index (κ1) is 14.3. The van der Waals surface area contributed by atoms with Gasteiger partial charge in [0.1, 0.15) is 0 Å².